The van der Waals surface area contributed by atoms with Crippen LogP contribution in [-0.2, 0) is 32.0 Å². The molecule has 1 heterocycles. The summed E-state index contributed by atoms with van der Waals surface area (Å²) >= 11 is 0. The van der Waals surface area contributed by atoms with Crippen molar-refractivity contribution in [1.82, 2.24) is 15.6 Å². The number of methoxy groups -OCH3 is 1. The summed E-state index contributed by atoms with van der Waals surface area (Å²) in [7, 11) is 1.25. The van der Waals surface area contributed by atoms with Crippen LogP contribution in [0, 0.1) is 12.3 Å². The summed E-state index contributed by atoms with van der Waals surface area (Å²) in [5, 5.41) is 12.2. The van der Waals surface area contributed by atoms with Gasteiger partial charge in [0.1, 0.15) is 23.6 Å². The summed E-state index contributed by atoms with van der Waals surface area (Å²) in [6, 6.07) is 8.95. The van der Waals surface area contributed by atoms with Crippen LogP contribution in [0.3, 0.4) is 0 Å². The third-order valence-corrected chi connectivity index (χ3v) is 4.69. The lowest BCUT2D eigenvalue weighted by molar-refractivity contribution is -0.140. The first-order valence-electron chi connectivity index (χ1n) is 10.8. The zero-order chi connectivity index (χ0) is 26.2. The van der Waals surface area contributed by atoms with Gasteiger partial charge in [0, 0.05) is 6.42 Å². The molecule has 11 nitrogen and oxygen atoms in total. The number of guanidine groups is 1. The average Bonchev–Trinajstić information content (AvgIpc) is 3.12. The number of hydrogen-bond acceptors (Lipinski definition) is 8. The third-order valence-electron chi connectivity index (χ3n) is 4.69. The first kappa shape index (κ1) is 27.1. The molecule has 0 atom stereocenters. The molecule has 2 amide bonds. The Balaban J connectivity index is 2.13. The fourth-order valence-corrected chi connectivity index (χ4v) is 3.07. The predicted molar refractivity (Wildman–Crippen MR) is 126 cm³/mol. The van der Waals surface area contributed by atoms with E-state index >= 15 is 0 Å². The lowest BCUT2D eigenvalue weighted by Gasteiger charge is -2.19. The van der Waals surface area contributed by atoms with E-state index in [2.05, 4.69) is 20.4 Å². The van der Waals surface area contributed by atoms with Crippen LogP contribution in [0.15, 0.2) is 30.3 Å². The lowest BCUT2D eigenvalue weighted by atomic mass is 10.0. The second kappa shape index (κ2) is 11.8. The number of benzene rings is 1. The number of ether oxygens (including phenoxy) is 3. The normalized spacial score (nSPS) is 10.8. The Bertz CT molecular complexity index is 1100. The standard InChI is InChI=1S/C24H30N4O7/c1-14-16(11-12-17(29)33-5)19(26-18(14)21(31)35-24(2,3)4)20(30)27-22(25)28-23(32)34-13-15-9-7-6-8-10-15/h6-10,26H,11-13H2,1-5H3,(H3,25,27,28,30,32). The number of aromatic amines is 1. The van der Waals surface area contributed by atoms with Crippen molar-refractivity contribution >= 4 is 29.9 Å². The molecule has 11 heteroatoms. The molecule has 0 saturated carbocycles. The molecule has 0 bridgehead atoms. The van der Waals surface area contributed by atoms with Gasteiger partial charge in [0.2, 0.25) is 5.96 Å². The molecule has 0 spiro atoms. The highest BCUT2D eigenvalue weighted by molar-refractivity contribution is 6.08. The Morgan fingerprint density at radius 2 is 1.69 bits per heavy atom. The minimum absolute atomic E-state index is 0.0132. The predicted octanol–water partition coefficient (Wildman–Crippen LogP) is 2.97. The number of nitrogens with one attached hydrogen (secondary N) is 4. The SMILES string of the molecule is COC(=O)CCc1c(C(=O)NC(=N)NC(=O)OCc2ccccc2)[nH]c(C(=O)OC(C)(C)C)c1C. The summed E-state index contributed by atoms with van der Waals surface area (Å²) in [4.78, 5) is 51.9. The number of alkyl carbamates (subject to hydrolysis) is 1. The number of carbonyl (C=O) groups excluding carboxylic acids is 4. The van der Waals surface area contributed by atoms with Crippen LogP contribution in [0.1, 0.15) is 64.9 Å². The Morgan fingerprint density at radius 3 is 2.29 bits per heavy atom. The minimum atomic E-state index is -0.929. The zero-order valence-corrected chi connectivity index (χ0v) is 20.4. The van der Waals surface area contributed by atoms with Gasteiger partial charge >= 0.3 is 18.0 Å². The Labute approximate surface area is 203 Å². The first-order chi connectivity index (χ1) is 16.4. The monoisotopic (exact) mass is 486 g/mol. The van der Waals surface area contributed by atoms with Crippen molar-refractivity contribution in [2.24, 2.45) is 0 Å². The molecule has 4 N–H and O–H groups in total. The number of aromatic nitrogens is 1. The Morgan fingerprint density at radius 1 is 1.03 bits per heavy atom. The zero-order valence-electron chi connectivity index (χ0n) is 20.4. The van der Waals surface area contributed by atoms with Crippen molar-refractivity contribution in [3.8, 4) is 0 Å². The molecular weight excluding hydrogens is 456 g/mol. The Kier molecular flexibility index (Phi) is 9.15. The van der Waals surface area contributed by atoms with Gasteiger partial charge in [-0.3, -0.25) is 25.6 Å². The van der Waals surface area contributed by atoms with Gasteiger partial charge in [-0.25, -0.2) is 9.59 Å². The molecule has 1 aromatic heterocycles. The van der Waals surface area contributed by atoms with Crippen molar-refractivity contribution in [3.63, 3.8) is 0 Å². The quantitative estimate of drug-likeness (QED) is 0.203. The third kappa shape index (κ3) is 8.29. The van der Waals surface area contributed by atoms with Gasteiger partial charge in [0.05, 0.1) is 7.11 Å². The Hall–Kier alpha value is -4.15. The van der Waals surface area contributed by atoms with Crippen LogP contribution < -0.4 is 10.6 Å². The molecule has 188 valence electrons. The number of hydrogen-bond donors (Lipinski definition) is 4. The summed E-state index contributed by atoms with van der Waals surface area (Å²) in [5.41, 5.74) is 0.798. The molecule has 0 radical (unpaired) electrons. The molecule has 0 aliphatic rings. The van der Waals surface area contributed by atoms with E-state index in [1.165, 1.54) is 7.11 Å². The van der Waals surface area contributed by atoms with Gasteiger partial charge in [-0.15, -0.1) is 0 Å². The number of H-pyrrole nitrogens is 1. The second-order valence-corrected chi connectivity index (χ2v) is 8.57. The second-order valence-electron chi connectivity index (χ2n) is 8.57. The van der Waals surface area contributed by atoms with E-state index in [1.54, 1.807) is 52.0 Å². The van der Waals surface area contributed by atoms with Crippen LogP contribution >= 0.6 is 0 Å². The number of esters is 2. The van der Waals surface area contributed by atoms with Crippen LogP contribution in [0.25, 0.3) is 0 Å². The van der Waals surface area contributed by atoms with E-state index in [4.69, 9.17) is 14.9 Å². The molecule has 0 saturated heterocycles. The summed E-state index contributed by atoms with van der Waals surface area (Å²) in [6.07, 6.45) is -0.868. The molecule has 0 aliphatic heterocycles. The van der Waals surface area contributed by atoms with Crippen molar-refractivity contribution in [2.45, 2.75) is 52.7 Å². The van der Waals surface area contributed by atoms with Gasteiger partial charge in [0.25, 0.3) is 5.91 Å². The maximum Gasteiger partial charge on any atom is 0.414 e. The first-order valence-corrected chi connectivity index (χ1v) is 10.8. The summed E-state index contributed by atoms with van der Waals surface area (Å²) in [5.74, 6) is -2.59. The maximum atomic E-state index is 12.9. The van der Waals surface area contributed by atoms with Crippen LogP contribution in [0.5, 0.6) is 0 Å². The van der Waals surface area contributed by atoms with Gasteiger partial charge in [-0.05, 0) is 50.8 Å². The van der Waals surface area contributed by atoms with E-state index in [9.17, 15) is 19.2 Å². The largest absolute Gasteiger partial charge is 0.469 e. The fraction of sp³-hybridized carbons (Fsp3) is 0.375. The van der Waals surface area contributed by atoms with Crippen LogP contribution in [-0.4, -0.2) is 47.6 Å². The van der Waals surface area contributed by atoms with E-state index in [-0.39, 0.29) is 30.8 Å². The molecule has 0 aliphatic carbocycles. The van der Waals surface area contributed by atoms with Crippen molar-refractivity contribution < 1.29 is 33.4 Å². The van der Waals surface area contributed by atoms with Crippen LogP contribution in [0.2, 0.25) is 0 Å². The minimum Gasteiger partial charge on any atom is -0.469 e. The van der Waals surface area contributed by atoms with Gasteiger partial charge in [-0.1, -0.05) is 30.3 Å². The molecule has 2 rings (SSSR count). The summed E-state index contributed by atoms with van der Waals surface area (Å²) < 4.78 is 15.1. The molecule has 0 unspecified atom stereocenters. The van der Waals surface area contributed by atoms with Crippen molar-refractivity contribution in [3.05, 3.63) is 58.4 Å². The number of carbonyl (C=O) groups is 4. The average molecular weight is 487 g/mol. The highest BCUT2D eigenvalue weighted by Crippen LogP contribution is 2.23. The molecule has 1 aromatic carbocycles. The lowest BCUT2D eigenvalue weighted by Crippen LogP contribution is -2.43. The summed E-state index contributed by atoms with van der Waals surface area (Å²) in [6.45, 7) is 6.72. The number of amides is 2. The molecule has 0 fully saturated rings. The van der Waals surface area contributed by atoms with Crippen LogP contribution in [0.4, 0.5) is 4.79 Å². The van der Waals surface area contributed by atoms with Gasteiger partial charge in [-0.2, -0.15) is 0 Å². The molecular formula is C24H30N4O7. The van der Waals surface area contributed by atoms with Crippen molar-refractivity contribution in [1.29, 1.82) is 5.41 Å². The van der Waals surface area contributed by atoms with Gasteiger partial charge in [0.15, 0.2) is 0 Å². The van der Waals surface area contributed by atoms with E-state index in [1.807, 2.05) is 6.07 Å². The maximum absolute atomic E-state index is 12.9. The smallest absolute Gasteiger partial charge is 0.414 e. The topological polar surface area (TPSA) is 160 Å². The van der Waals surface area contributed by atoms with E-state index in [0.29, 0.717) is 11.1 Å². The highest BCUT2D eigenvalue weighted by atomic mass is 16.6. The highest BCUT2D eigenvalue weighted by Gasteiger charge is 2.27. The van der Waals surface area contributed by atoms with E-state index < -0.39 is 35.5 Å². The van der Waals surface area contributed by atoms with Crippen molar-refractivity contribution in [2.75, 3.05) is 7.11 Å². The molecule has 2 aromatic rings. The molecule has 35 heavy (non-hydrogen) atoms. The van der Waals surface area contributed by atoms with Gasteiger partial charge < -0.3 is 19.2 Å². The van der Waals surface area contributed by atoms with E-state index in [0.717, 1.165) is 5.56 Å². The number of rotatable bonds is 7. The fourth-order valence-electron chi connectivity index (χ4n) is 3.07.